The number of nitrogen functional groups attached to an aromatic ring is 1. The lowest BCUT2D eigenvalue weighted by Gasteiger charge is -2.21. The summed E-state index contributed by atoms with van der Waals surface area (Å²) in [4.78, 5) is 12.0. The smallest absolute Gasteiger partial charge is 0.224 e. The van der Waals surface area contributed by atoms with Crippen LogP contribution in [0.15, 0.2) is 18.2 Å². The molecule has 0 bridgehead atoms. The molecule has 0 radical (unpaired) electrons. The van der Waals surface area contributed by atoms with Gasteiger partial charge in [0.1, 0.15) is 5.75 Å². The van der Waals surface area contributed by atoms with Gasteiger partial charge in [0.2, 0.25) is 5.91 Å². The molecule has 1 amide bonds. The molecule has 1 aromatic rings. The Morgan fingerprint density at radius 3 is 2.80 bits per heavy atom. The van der Waals surface area contributed by atoms with Crippen LogP contribution in [-0.4, -0.2) is 13.0 Å². The Labute approximate surface area is 120 Å². The van der Waals surface area contributed by atoms with Gasteiger partial charge in [0.25, 0.3) is 0 Å². The number of nitrogens with one attached hydrogen (secondary N) is 1. The van der Waals surface area contributed by atoms with E-state index in [2.05, 4.69) is 5.32 Å². The van der Waals surface area contributed by atoms with Gasteiger partial charge in [-0.1, -0.05) is 32.1 Å². The Hall–Kier alpha value is -1.71. The highest BCUT2D eigenvalue weighted by molar-refractivity contribution is 5.92. The number of amides is 1. The molecule has 0 saturated heterocycles. The van der Waals surface area contributed by atoms with Gasteiger partial charge in [0.15, 0.2) is 0 Å². The van der Waals surface area contributed by atoms with E-state index in [1.54, 1.807) is 25.3 Å². The van der Waals surface area contributed by atoms with Crippen molar-refractivity contribution in [3.63, 3.8) is 0 Å². The summed E-state index contributed by atoms with van der Waals surface area (Å²) in [6.45, 7) is 0. The van der Waals surface area contributed by atoms with Crippen LogP contribution in [0.2, 0.25) is 0 Å². The average Bonchev–Trinajstić information content (AvgIpc) is 2.46. The molecule has 0 heterocycles. The van der Waals surface area contributed by atoms with Gasteiger partial charge in [-0.2, -0.15) is 0 Å². The first kappa shape index (κ1) is 14.7. The third-order valence-electron chi connectivity index (χ3n) is 4.00. The maximum atomic E-state index is 12.0. The summed E-state index contributed by atoms with van der Waals surface area (Å²) in [5.74, 6) is 1.40. The van der Waals surface area contributed by atoms with E-state index in [0.29, 0.717) is 23.5 Å². The molecule has 1 saturated carbocycles. The molecule has 4 heteroatoms. The van der Waals surface area contributed by atoms with Crippen molar-refractivity contribution in [3.8, 4) is 5.75 Å². The van der Waals surface area contributed by atoms with E-state index in [0.717, 1.165) is 12.3 Å². The van der Waals surface area contributed by atoms with Crippen molar-refractivity contribution in [1.29, 1.82) is 0 Å². The zero-order valence-corrected chi connectivity index (χ0v) is 12.2. The number of rotatable bonds is 5. The molecule has 4 nitrogen and oxygen atoms in total. The van der Waals surface area contributed by atoms with Crippen LogP contribution in [0.25, 0.3) is 0 Å². The van der Waals surface area contributed by atoms with Gasteiger partial charge in [0.05, 0.1) is 12.8 Å². The first-order valence-electron chi connectivity index (χ1n) is 7.42. The van der Waals surface area contributed by atoms with Gasteiger partial charge in [-0.05, 0) is 30.5 Å². The lowest BCUT2D eigenvalue weighted by molar-refractivity contribution is -0.116. The minimum atomic E-state index is 0.0412. The van der Waals surface area contributed by atoms with E-state index in [4.69, 9.17) is 10.5 Å². The number of nitrogens with two attached hydrogens (primary N) is 1. The first-order valence-corrected chi connectivity index (χ1v) is 7.42. The topological polar surface area (TPSA) is 64.3 Å². The third kappa shape index (κ3) is 4.15. The molecule has 110 valence electrons. The van der Waals surface area contributed by atoms with Crippen LogP contribution in [-0.2, 0) is 4.79 Å². The molecule has 0 atom stereocenters. The Kier molecular flexibility index (Phi) is 5.27. The van der Waals surface area contributed by atoms with Crippen molar-refractivity contribution < 1.29 is 9.53 Å². The fourth-order valence-electron chi connectivity index (χ4n) is 2.85. The Morgan fingerprint density at radius 2 is 2.10 bits per heavy atom. The minimum absolute atomic E-state index is 0.0412. The molecule has 1 fully saturated rings. The maximum absolute atomic E-state index is 12.0. The Bertz CT molecular complexity index is 454. The van der Waals surface area contributed by atoms with Crippen LogP contribution >= 0.6 is 0 Å². The summed E-state index contributed by atoms with van der Waals surface area (Å²) in [5, 5.41) is 2.90. The largest absolute Gasteiger partial charge is 0.495 e. The lowest BCUT2D eigenvalue weighted by atomic mass is 9.86. The van der Waals surface area contributed by atoms with Crippen molar-refractivity contribution in [2.75, 3.05) is 18.2 Å². The predicted molar refractivity (Wildman–Crippen MR) is 81.8 cm³/mol. The van der Waals surface area contributed by atoms with Crippen molar-refractivity contribution in [2.45, 2.75) is 44.9 Å². The normalized spacial score (nSPS) is 15.8. The Morgan fingerprint density at radius 1 is 1.35 bits per heavy atom. The molecule has 0 aliphatic heterocycles. The zero-order valence-electron chi connectivity index (χ0n) is 12.2. The van der Waals surface area contributed by atoms with Crippen molar-refractivity contribution in [2.24, 2.45) is 5.92 Å². The Balaban J connectivity index is 1.86. The number of benzene rings is 1. The number of carbonyl (C=O) groups excluding carboxylic acids is 1. The summed E-state index contributed by atoms with van der Waals surface area (Å²) in [6, 6.07) is 5.26. The van der Waals surface area contributed by atoms with Crippen LogP contribution in [0, 0.1) is 5.92 Å². The molecular formula is C16H24N2O2. The fraction of sp³-hybridized carbons (Fsp3) is 0.562. The van der Waals surface area contributed by atoms with Crippen LogP contribution < -0.4 is 15.8 Å². The summed E-state index contributed by atoms with van der Waals surface area (Å²) in [6.07, 6.45) is 8.08. The molecular weight excluding hydrogens is 252 g/mol. The number of methoxy groups -OCH3 is 1. The van der Waals surface area contributed by atoms with E-state index < -0.39 is 0 Å². The van der Waals surface area contributed by atoms with Crippen molar-refractivity contribution >= 4 is 17.3 Å². The van der Waals surface area contributed by atoms with E-state index in [9.17, 15) is 4.79 Å². The number of anilines is 2. The van der Waals surface area contributed by atoms with Crippen LogP contribution in [0.1, 0.15) is 44.9 Å². The number of ether oxygens (including phenoxy) is 1. The van der Waals surface area contributed by atoms with Gasteiger partial charge < -0.3 is 15.8 Å². The highest BCUT2D eigenvalue weighted by Gasteiger charge is 2.15. The monoisotopic (exact) mass is 276 g/mol. The van der Waals surface area contributed by atoms with Crippen LogP contribution in [0.4, 0.5) is 11.4 Å². The molecule has 0 spiro atoms. The summed E-state index contributed by atoms with van der Waals surface area (Å²) >= 11 is 0. The van der Waals surface area contributed by atoms with Crippen LogP contribution in [0.3, 0.4) is 0 Å². The molecule has 3 N–H and O–H groups in total. The van der Waals surface area contributed by atoms with Crippen LogP contribution in [0.5, 0.6) is 5.75 Å². The third-order valence-corrected chi connectivity index (χ3v) is 4.00. The first-order chi connectivity index (χ1) is 9.69. The second-order valence-electron chi connectivity index (χ2n) is 5.55. The van der Waals surface area contributed by atoms with Crippen molar-refractivity contribution in [1.82, 2.24) is 0 Å². The summed E-state index contributed by atoms with van der Waals surface area (Å²) in [5.41, 5.74) is 7.01. The van der Waals surface area contributed by atoms with Crippen molar-refractivity contribution in [3.05, 3.63) is 18.2 Å². The second-order valence-corrected chi connectivity index (χ2v) is 5.55. The molecule has 0 unspecified atom stereocenters. The van der Waals surface area contributed by atoms with Gasteiger partial charge in [0, 0.05) is 12.1 Å². The quantitative estimate of drug-likeness (QED) is 0.808. The van der Waals surface area contributed by atoms with E-state index in [1.807, 2.05) is 0 Å². The highest BCUT2D eigenvalue weighted by atomic mass is 16.5. The number of hydrogen-bond acceptors (Lipinski definition) is 3. The SMILES string of the molecule is COc1ccc(N)cc1NC(=O)CCC1CCCCC1. The second kappa shape index (κ2) is 7.17. The minimum Gasteiger partial charge on any atom is -0.495 e. The van der Waals surface area contributed by atoms with E-state index in [1.165, 1.54) is 32.1 Å². The van der Waals surface area contributed by atoms with Gasteiger partial charge >= 0.3 is 0 Å². The molecule has 1 aliphatic rings. The van der Waals surface area contributed by atoms with Gasteiger partial charge in [-0.25, -0.2) is 0 Å². The highest BCUT2D eigenvalue weighted by Crippen LogP contribution is 2.29. The van der Waals surface area contributed by atoms with Gasteiger partial charge in [-0.3, -0.25) is 4.79 Å². The summed E-state index contributed by atoms with van der Waals surface area (Å²) in [7, 11) is 1.59. The average molecular weight is 276 g/mol. The zero-order chi connectivity index (χ0) is 14.4. The molecule has 2 rings (SSSR count). The number of carbonyl (C=O) groups is 1. The van der Waals surface area contributed by atoms with Gasteiger partial charge in [-0.15, -0.1) is 0 Å². The predicted octanol–water partition coefficient (Wildman–Crippen LogP) is 3.58. The molecule has 1 aromatic carbocycles. The summed E-state index contributed by atoms with van der Waals surface area (Å²) < 4.78 is 5.23. The molecule has 20 heavy (non-hydrogen) atoms. The standard InChI is InChI=1S/C16H24N2O2/c1-20-15-9-8-13(17)11-14(15)18-16(19)10-7-12-5-3-2-4-6-12/h8-9,11-12H,2-7,10,17H2,1H3,(H,18,19). The molecule has 1 aliphatic carbocycles. The van der Waals surface area contributed by atoms with E-state index in [-0.39, 0.29) is 5.91 Å². The fourth-order valence-corrected chi connectivity index (χ4v) is 2.85. The van der Waals surface area contributed by atoms with E-state index >= 15 is 0 Å². The lowest BCUT2D eigenvalue weighted by Crippen LogP contribution is -2.15. The maximum Gasteiger partial charge on any atom is 0.224 e. The molecule has 0 aromatic heterocycles. The number of hydrogen-bond donors (Lipinski definition) is 2.